The number of halogens is 1. The first kappa shape index (κ1) is 22.2. The van der Waals surface area contributed by atoms with Crippen molar-refractivity contribution in [2.24, 2.45) is 0 Å². The minimum Gasteiger partial charge on any atom is -0.500 e. The monoisotopic (exact) mass is 402 g/mol. The van der Waals surface area contributed by atoms with Gasteiger partial charge in [-0.25, -0.2) is 9.59 Å². The van der Waals surface area contributed by atoms with E-state index in [2.05, 4.69) is 4.74 Å². The second kappa shape index (κ2) is 9.73. The van der Waals surface area contributed by atoms with Crippen LogP contribution in [0.1, 0.15) is 36.7 Å². The van der Waals surface area contributed by atoms with Crippen LogP contribution in [0, 0.1) is 0 Å². The van der Waals surface area contributed by atoms with Crippen LogP contribution < -0.4 is 4.74 Å². The Hall–Kier alpha value is -1.86. The maximum atomic E-state index is 12.8. The van der Waals surface area contributed by atoms with E-state index in [0.29, 0.717) is 16.3 Å². The predicted octanol–water partition coefficient (Wildman–Crippen LogP) is 4.20. The van der Waals surface area contributed by atoms with Crippen molar-refractivity contribution in [1.82, 2.24) is 0 Å². The van der Waals surface area contributed by atoms with Gasteiger partial charge in [-0.3, -0.25) is 0 Å². The predicted molar refractivity (Wildman–Crippen MR) is 102 cm³/mol. The molecule has 0 aromatic heterocycles. The van der Waals surface area contributed by atoms with Gasteiger partial charge in [-0.05, 0) is 44.7 Å². The van der Waals surface area contributed by atoms with E-state index in [1.54, 1.807) is 26.8 Å². The Morgan fingerprint density at radius 1 is 1.23 bits per heavy atom. The lowest BCUT2D eigenvalue weighted by Crippen LogP contribution is -2.25. The van der Waals surface area contributed by atoms with Crippen LogP contribution in [0.25, 0.3) is 0 Å². The summed E-state index contributed by atoms with van der Waals surface area (Å²) in [5, 5.41) is 0.405. The number of carbonyl (C=O) groups excluding carboxylic acids is 2. The molecule has 0 saturated carbocycles. The van der Waals surface area contributed by atoms with E-state index in [1.807, 2.05) is 6.26 Å². The number of rotatable bonds is 7. The Balaban J connectivity index is 3.47. The largest absolute Gasteiger partial charge is 0.500 e. The van der Waals surface area contributed by atoms with Crippen molar-refractivity contribution in [3.63, 3.8) is 0 Å². The summed E-state index contributed by atoms with van der Waals surface area (Å²) in [7, 11) is 2.58. The number of carbonyl (C=O) groups is 2. The Morgan fingerprint density at radius 3 is 2.38 bits per heavy atom. The minimum absolute atomic E-state index is 0.126. The zero-order valence-electron chi connectivity index (χ0n) is 15.7. The molecule has 144 valence electrons. The summed E-state index contributed by atoms with van der Waals surface area (Å²) in [4.78, 5) is 24.6. The Morgan fingerprint density at radius 2 is 1.88 bits per heavy atom. The van der Waals surface area contributed by atoms with Crippen molar-refractivity contribution in [2.45, 2.75) is 32.1 Å². The molecule has 0 unspecified atom stereocenters. The third-order valence-corrected chi connectivity index (χ3v) is 3.87. The van der Waals surface area contributed by atoms with Gasteiger partial charge in [-0.15, -0.1) is 0 Å². The van der Waals surface area contributed by atoms with Crippen molar-refractivity contribution in [1.29, 1.82) is 0 Å². The number of benzene rings is 1. The van der Waals surface area contributed by atoms with Gasteiger partial charge in [-0.1, -0.05) is 11.6 Å². The molecule has 0 bridgehead atoms. The summed E-state index contributed by atoms with van der Waals surface area (Å²) < 4.78 is 20.6. The fourth-order valence-electron chi connectivity index (χ4n) is 1.96. The van der Waals surface area contributed by atoms with Gasteiger partial charge in [-0.2, -0.15) is 11.8 Å². The Labute approximate surface area is 162 Å². The van der Waals surface area contributed by atoms with Crippen LogP contribution in [0.5, 0.6) is 5.75 Å². The van der Waals surface area contributed by atoms with Gasteiger partial charge in [0.05, 0.1) is 14.2 Å². The average molecular weight is 403 g/mol. The topological polar surface area (TPSA) is 71.1 Å². The Kier molecular flexibility index (Phi) is 8.30. The molecule has 26 heavy (non-hydrogen) atoms. The smallest absolute Gasteiger partial charge is 0.377 e. The molecule has 0 atom stereocenters. The number of thioether (sulfide) groups is 1. The van der Waals surface area contributed by atoms with Gasteiger partial charge in [0.1, 0.15) is 23.2 Å². The molecule has 8 heteroatoms. The summed E-state index contributed by atoms with van der Waals surface area (Å²) in [5.74, 6) is -0.964. The van der Waals surface area contributed by atoms with Crippen LogP contribution in [-0.4, -0.2) is 38.0 Å². The summed E-state index contributed by atoms with van der Waals surface area (Å²) in [6, 6.07) is 3.09. The number of ether oxygens (including phenoxy) is 4. The van der Waals surface area contributed by atoms with E-state index in [1.165, 1.54) is 32.0 Å². The molecule has 6 nitrogen and oxygen atoms in total. The molecule has 1 rings (SSSR count). The molecule has 0 radical (unpaired) electrons. The van der Waals surface area contributed by atoms with Crippen LogP contribution in [0.3, 0.4) is 0 Å². The van der Waals surface area contributed by atoms with Crippen LogP contribution >= 0.6 is 23.4 Å². The molecule has 0 spiro atoms. The fourth-order valence-corrected chi connectivity index (χ4v) is 2.86. The van der Waals surface area contributed by atoms with Gasteiger partial charge in [0.25, 0.3) is 0 Å². The standard InChI is InChI=1S/C18H23ClO6S/c1-18(2,3)25-17(21)15-11(10-26-6)12(19)7-8-13(15)24-14(9-22-4)16(20)23-5/h7-9H,10H2,1-6H3. The van der Waals surface area contributed by atoms with Gasteiger partial charge in [0, 0.05) is 10.8 Å². The van der Waals surface area contributed by atoms with E-state index in [-0.39, 0.29) is 17.1 Å². The lowest BCUT2D eigenvalue weighted by molar-refractivity contribution is -0.138. The van der Waals surface area contributed by atoms with Crippen molar-refractivity contribution >= 4 is 35.3 Å². The molecular weight excluding hydrogens is 380 g/mol. The third kappa shape index (κ3) is 6.14. The van der Waals surface area contributed by atoms with Gasteiger partial charge in [0.15, 0.2) is 0 Å². The maximum absolute atomic E-state index is 12.8. The second-order valence-electron chi connectivity index (χ2n) is 6.15. The molecule has 0 heterocycles. The number of esters is 2. The molecule has 1 aromatic rings. The minimum atomic E-state index is -0.747. The number of hydrogen-bond acceptors (Lipinski definition) is 7. The summed E-state index contributed by atoms with van der Waals surface area (Å²) in [6.45, 7) is 5.28. The molecule has 0 aliphatic rings. The molecule has 0 fully saturated rings. The van der Waals surface area contributed by atoms with Gasteiger partial charge >= 0.3 is 11.9 Å². The molecular formula is C18H23ClO6S. The van der Waals surface area contributed by atoms with Gasteiger partial charge in [0.2, 0.25) is 5.76 Å². The highest BCUT2D eigenvalue weighted by Crippen LogP contribution is 2.34. The van der Waals surface area contributed by atoms with E-state index in [4.69, 9.17) is 25.8 Å². The van der Waals surface area contributed by atoms with E-state index in [0.717, 1.165) is 6.26 Å². The van der Waals surface area contributed by atoms with Crippen molar-refractivity contribution in [3.05, 3.63) is 40.3 Å². The van der Waals surface area contributed by atoms with Crippen molar-refractivity contribution in [3.8, 4) is 5.75 Å². The molecule has 0 amide bonds. The van der Waals surface area contributed by atoms with Crippen LogP contribution in [-0.2, 0) is 24.8 Å². The van der Waals surface area contributed by atoms with Gasteiger partial charge < -0.3 is 18.9 Å². The average Bonchev–Trinajstić information content (AvgIpc) is 2.55. The number of methoxy groups -OCH3 is 2. The summed E-state index contributed by atoms with van der Waals surface area (Å²) in [6.07, 6.45) is 2.97. The molecule has 0 N–H and O–H groups in total. The molecule has 0 aliphatic carbocycles. The van der Waals surface area contributed by atoms with Crippen LogP contribution in [0.15, 0.2) is 24.2 Å². The van der Waals surface area contributed by atoms with E-state index < -0.39 is 17.5 Å². The lowest BCUT2D eigenvalue weighted by Gasteiger charge is -2.22. The van der Waals surface area contributed by atoms with Crippen molar-refractivity contribution < 1.29 is 28.5 Å². The summed E-state index contributed by atoms with van der Waals surface area (Å²) in [5.41, 5.74) is 0.0149. The molecule has 0 aliphatic heterocycles. The molecule has 0 saturated heterocycles. The maximum Gasteiger partial charge on any atom is 0.377 e. The van der Waals surface area contributed by atoms with E-state index >= 15 is 0 Å². The Bertz CT molecular complexity index is 694. The highest BCUT2D eigenvalue weighted by atomic mass is 35.5. The highest BCUT2D eigenvalue weighted by molar-refractivity contribution is 7.97. The summed E-state index contributed by atoms with van der Waals surface area (Å²) >= 11 is 7.76. The first-order valence-electron chi connectivity index (χ1n) is 7.67. The van der Waals surface area contributed by atoms with Crippen LogP contribution in [0.2, 0.25) is 5.02 Å². The van der Waals surface area contributed by atoms with Crippen molar-refractivity contribution in [2.75, 3.05) is 20.5 Å². The highest BCUT2D eigenvalue weighted by Gasteiger charge is 2.27. The first-order valence-corrected chi connectivity index (χ1v) is 9.44. The first-order chi connectivity index (χ1) is 12.1. The zero-order chi connectivity index (χ0) is 19.9. The molecule has 1 aromatic carbocycles. The van der Waals surface area contributed by atoms with E-state index in [9.17, 15) is 9.59 Å². The third-order valence-electron chi connectivity index (χ3n) is 2.94. The fraction of sp³-hybridized carbons (Fsp3) is 0.444. The zero-order valence-corrected chi connectivity index (χ0v) is 17.2. The lowest BCUT2D eigenvalue weighted by atomic mass is 10.1. The normalized spacial score (nSPS) is 11.7. The number of hydrogen-bond donors (Lipinski definition) is 0. The SMILES string of the molecule is COC=C(Oc1ccc(Cl)c(CSC)c1C(=O)OC(C)(C)C)C(=O)OC. The second-order valence-corrected chi connectivity index (χ2v) is 7.42. The quantitative estimate of drug-likeness (QED) is 0.384. The van der Waals surface area contributed by atoms with Crippen LogP contribution in [0.4, 0.5) is 0 Å².